The summed E-state index contributed by atoms with van der Waals surface area (Å²) >= 11 is 0. The van der Waals surface area contributed by atoms with Gasteiger partial charge >= 0.3 is 0 Å². The highest BCUT2D eigenvalue weighted by Crippen LogP contribution is 2.21. The normalized spacial score (nSPS) is 11.7. The number of hydrogen-bond acceptors (Lipinski definition) is 0. The Hall–Kier alpha value is 0.440. The standard InChI is InChI=1S/C42H88N.BrH/c1-5-9-13-17-19-21-23-25-27-29-33-37-41-43(39-35-31-15-11-7-3,40-36-32-16-12-8-4)42-38-34-30-28-26-24-22-20-18-14-10-6-2;/h5-42H2,1-4H3;1H/q+1;/p-1. The van der Waals surface area contributed by atoms with Crippen LogP contribution < -0.4 is 17.0 Å². The van der Waals surface area contributed by atoms with Gasteiger partial charge in [0.15, 0.2) is 0 Å². The Morgan fingerprint density at radius 2 is 0.341 bits per heavy atom. The number of nitrogens with zero attached hydrogens (tertiary/aromatic N) is 1. The fraction of sp³-hybridized carbons (Fsp3) is 1.00. The van der Waals surface area contributed by atoms with Crippen molar-refractivity contribution in [3.8, 4) is 0 Å². The molecule has 2 heteroatoms. The van der Waals surface area contributed by atoms with Crippen molar-refractivity contribution in [2.45, 2.75) is 246 Å². The third-order valence-corrected chi connectivity index (χ3v) is 10.4. The molecule has 0 N–H and O–H groups in total. The lowest BCUT2D eigenvalue weighted by molar-refractivity contribution is -0.929. The second-order valence-electron chi connectivity index (χ2n) is 14.8. The zero-order valence-electron chi connectivity index (χ0n) is 31.7. The first-order chi connectivity index (χ1) is 21.2. The van der Waals surface area contributed by atoms with Gasteiger partial charge in [-0.25, -0.2) is 0 Å². The maximum absolute atomic E-state index is 2.36. The number of quaternary nitrogens is 1. The molecule has 0 aromatic rings. The topological polar surface area (TPSA) is 0 Å². The Labute approximate surface area is 292 Å². The van der Waals surface area contributed by atoms with Crippen molar-refractivity contribution < 1.29 is 21.5 Å². The molecule has 0 saturated heterocycles. The lowest BCUT2D eigenvalue weighted by Gasteiger charge is -2.40. The van der Waals surface area contributed by atoms with Gasteiger partial charge in [-0.1, -0.05) is 195 Å². The van der Waals surface area contributed by atoms with E-state index in [1.165, 1.54) is 249 Å². The predicted octanol–water partition coefficient (Wildman–Crippen LogP) is 12.2. The van der Waals surface area contributed by atoms with Crippen LogP contribution in [-0.4, -0.2) is 30.7 Å². The lowest BCUT2D eigenvalue weighted by atomic mass is 10.0. The first-order valence-electron chi connectivity index (χ1n) is 21.1. The largest absolute Gasteiger partial charge is 1.00 e. The zero-order chi connectivity index (χ0) is 31.4. The van der Waals surface area contributed by atoms with Crippen LogP contribution in [0.2, 0.25) is 0 Å². The molecule has 0 aliphatic rings. The molecule has 0 heterocycles. The van der Waals surface area contributed by atoms with Gasteiger partial charge in [-0.3, -0.25) is 0 Å². The van der Waals surface area contributed by atoms with Gasteiger partial charge in [0.2, 0.25) is 0 Å². The summed E-state index contributed by atoms with van der Waals surface area (Å²) in [7, 11) is 0. The van der Waals surface area contributed by atoms with Gasteiger partial charge in [0.25, 0.3) is 0 Å². The molecule has 268 valence electrons. The molecule has 0 aliphatic heterocycles. The molecule has 0 aliphatic carbocycles. The van der Waals surface area contributed by atoms with Crippen LogP contribution in [0.25, 0.3) is 0 Å². The van der Waals surface area contributed by atoms with E-state index in [1.54, 1.807) is 0 Å². The van der Waals surface area contributed by atoms with Gasteiger partial charge < -0.3 is 21.5 Å². The highest BCUT2D eigenvalue weighted by Gasteiger charge is 2.25. The average Bonchev–Trinajstić information content (AvgIpc) is 3.02. The quantitative estimate of drug-likeness (QED) is 0.0448. The third kappa shape index (κ3) is 33.8. The van der Waals surface area contributed by atoms with E-state index < -0.39 is 0 Å². The number of rotatable bonds is 38. The summed E-state index contributed by atoms with van der Waals surface area (Å²) in [6.45, 7) is 15.3. The Morgan fingerprint density at radius 3 is 0.500 bits per heavy atom. The first kappa shape index (κ1) is 46.6. The summed E-state index contributed by atoms with van der Waals surface area (Å²) in [6.07, 6.45) is 49.7. The van der Waals surface area contributed by atoms with Crippen LogP contribution in [-0.2, 0) is 0 Å². The molecule has 0 spiro atoms. The summed E-state index contributed by atoms with van der Waals surface area (Å²) in [5.74, 6) is 0. The van der Waals surface area contributed by atoms with Crippen LogP contribution in [0.1, 0.15) is 246 Å². The molecule has 0 aromatic carbocycles. The molecular weight excluding hydrogens is 598 g/mol. The van der Waals surface area contributed by atoms with Crippen LogP contribution in [0.5, 0.6) is 0 Å². The molecule has 0 fully saturated rings. The summed E-state index contributed by atoms with van der Waals surface area (Å²) in [4.78, 5) is 0. The molecule has 0 atom stereocenters. The van der Waals surface area contributed by atoms with Gasteiger partial charge in [0.1, 0.15) is 0 Å². The maximum atomic E-state index is 2.36. The Bertz CT molecular complexity index is 448. The van der Waals surface area contributed by atoms with Crippen LogP contribution >= 0.6 is 0 Å². The van der Waals surface area contributed by atoms with Crippen molar-refractivity contribution in [1.82, 2.24) is 0 Å². The SMILES string of the molecule is CCCCCCCCCCCCCC[N+](CCCCCCC)(CCCCCCC)CCCCCCCCCCCCCC.[Br-]. The van der Waals surface area contributed by atoms with Crippen LogP contribution in [0.3, 0.4) is 0 Å². The molecule has 0 rings (SSSR count). The molecule has 0 saturated carbocycles. The van der Waals surface area contributed by atoms with E-state index >= 15 is 0 Å². The van der Waals surface area contributed by atoms with E-state index in [4.69, 9.17) is 0 Å². The number of hydrogen-bond donors (Lipinski definition) is 0. The highest BCUT2D eigenvalue weighted by atomic mass is 79.9. The molecule has 0 aromatic heterocycles. The summed E-state index contributed by atoms with van der Waals surface area (Å²) in [5, 5.41) is 0. The van der Waals surface area contributed by atoms with Crippen LogP contribution in [0.4, 0.5) is 0 Å². The lowest BCUT2D eigenvalue weighted by Crippen LogP contribution is -3.00. The van der Waals surface area contributed by atoms with Gasteiger partial charge in [-0.15, -0.1) is 0 Å². The van der Waals surface area contributed by atoms with Crippen molar-refractivity contribution in [2.75, 3.05) is 26.2 Å². The highest BCUT2D eigenvalue weighted by molar-refractivity contribution is 4.56. The molecule has 44 heavy (non-hydrogen) atoms. The minimum atomic E-state index is 0. The Balaban J connectivity index is 0. The van der Waals surface area contributed by atoms with Gasteiger partial charge in [-0.05, 0) is 51.4 Å². The van der Waals surface area contributed by atoms with E-state index in [0.29, 0.717) is 0 Å². The Morgan fingerprint density at radius 1 is 0.205 bits per heavy atom. The second-order valence-corrected chi connectivity index (χ2v) is 14.8. The van der Waals surface area contributed by atoms with E-state index in [-0.39, 0.29) is 17.0 Å². The van der Waals surface area contributed by atoms with Crippen LogP contribution in [0.15, 0.2) is 0 Å². The first-order valence-corrected chi connectivity index (χ1v) is 21.1. The van der Waals surface area contributed by atoms with Crippen molar-refractivity contribution in [3.63, 3.8) is 0 Å². The summed E-state index contributed by atoms with van der Waals surface area (Å²) < 4.78 is 1.48. The monoisotopic (exact) mass is 686 g/mol. The number of unbranched alkanes of at least 4 members (excludes halogenated alkanes) is 30. The van der Waals surface area contributed by atoms with E-state index in [9.17, 15) is 0 Å². The summed E-state index contributed by atoms with van der Waals surface area (Å²) in [5.41, 5.74) is 0. The number of halogens is 1. The van der Waals surface area contributed by atoms with Crippen molar-refractivity contribution >= 4 is 0 Å². The van der Waals surface area contributed by atoms with Crippen molar-refractivity contribution in [3.05, 3.63) is 0 Å². The Kier molecular flexibility index (Phi) is 41.9. The van der Waals surface area contributed by atoms with Gasteiger partial charge in [0.05, 0.1) is 26.2 Å². The smallest absolute Gasteiger partial charge is 0.0786 e. The molecule has 1 nitrogen and oxygen atoms in total. The zero-order valence-corrected chi connectivity index (χ0v) is 33.3. The van der Waals surface area contributed by atoms with Gasteiger partial charge in [-0.2, -0.15) is 0 Å². The molecule has 0 amide bonds. The average molecular weight is 687 g/mol. The summed E-state index contributed by atoms with van der Waals surface area (Å²) in [6, 6.07) is 0. The van der Waals surface area contributed by atoms with Crippen LogP contribution in [0, 0.1) is 0 Å². The van der Waals surface area contributed by atoms with E-state index in [2.05, 4.69) is 27.7 Å². The molecule has 0 unspecified atom stereocenters. The van der Waals surface area contributed by atoms with Gasteiger partial charge in [0, 0.05) is 0 Å². The second kappa shape index (κ2) is 39.6. The fourth-order valence-corrected chi connectivity index (χ4v) is 7.35. The van der Waals surface area contributed by atoms with E-state index in [0.717, 1.165) is 0 Å². The fourth-order valence-electron chi connectivity index (χ4n) is 7.35. The molecular formula is C42H88BrN. The third-order valence-electron chi connectivity index (χ3n) is 10.4. The maximum Gasteiger partial charge on any atom is 0.0786 e. The van der Waals surface area contributed by atoms with E-state index in [1.807, 2.05) is 0 Å². The molecule has 0 bridgehead atoms. The predicted molar refractivity (Wildman–Crippen MR) is 199 cm³/mol. The minimum absolute atomic E-state index is 0. The molecule has 0 radical (unpaired) electrons. The van der Waals surface area contributed by atoms with Crippen molar-refractivity contribution in [2.24, 2.45) is 0 Å². The van der Waals surface area contributed by atoms with Crippen molar-refractivity contribution in [1.29, 1.82) is 0 Å². The minimum Gasteiger partial charge on any atom is -1.00 e.